The summed E-state index contributed by atoms with van der Waals surface area (Å²) in [7, 11) is 0. The molecule has 0 aliphatic heterocycles. The molecule has 0 spiro atoms. The lowest BCUT2D eigenvalue weighted by atomic mass is 9.33. The Morgan fingerprint density at radius 1 is 0.884 bits per heavy atom. The topological polar surface area (TPSA) is 54.4 Å². The zero-order valence-corrected chi connectivity index (χ0v) is 28.6. The highest BCUT2D eigenvalue weighted by atomic mass is 16.3. The van der Waals surface area contributed by atoms with Crippen LogP contribution in [0.5, 0.6) is 0 Å². The van der Waals surface area contributed by atoms with Crippen LogP contribution in [0.1, 0.15) is 132 Å². The molecule has 0 bridgehead atoms. The molecule has 1 N–H and O–H groups in total. The van der Waals surface area contributed by atoms with Gasteiger partial charge in [0, 0.05) is 12.8 Å². The van der Waals surface area contributed by atoms with Crippen LogP contribution in [0.15, 0.2) is 41.5 Å². The van der Waals surface area contributed by atoms with E-state index in [2.05, 4.69) is 86.6 Å². The second-order valence-electron chi connectivity index (χ2n) is 18.0. The van der Waals surface area contributed by atoms with Gasteiger partial charge >= 0.3 is 0 Å². The van der Waals surface area contributed by atoms with Crippen LogP contribution in [-0.4, -0.2) is 22.8 Å². The Bertz CT molecular complexity index is 1330. The standard InChI is InChI=1S/C40H58O3/c1-25(2)33-28(41)23-40(32(43)24-35(3,4)26-13-11-10-12-14-26)22-21-38(8)27(34(33)40)15-16-30-37(7)19-18-31(42)36(5,6)29(37)17-20-39(30,38)9/h10-14,25,27,29-31,42H,15-24H2,1-9H3/t27-,29+,30-,31+,37+,38-,39-,40+/m1/s1. The first-order chi connectivity index (χ1) is 20.0. The normalized spacial score (nSPS) is 42.3. The van der Waals surface area contributed by atoms with Crippen molar-refractivity contribution in [2.24, 2.45) is 50.7 Å². The molecule has 8 atom stereocenters. The van der Waals surface area contributed by atoms with Crippen LogP contribution >= 0.6 is 0 Å². The van der Waals surface area contributed by atoms with Gasteiger partial charge in [0.25, 0.3) is 0 Å². The highest BCUT2D eigenvalue weighted by molar-refractivity contribution is 6.07. The van der Waals surface area contributed by atoms with Gasteiger partial charge in [-0.3, -0.25) is 9.59 Å². The van der Waals surface area contributed by atoms with Gasteiger partial charge in [0.1, 0.15) is 5.78 Å². The SMILES string of the molecule is CC(C)C1=C2[C@H]3CC[C@@H]4[C@@]5(C)CC[C@H](O)C(C)(C)[C@@H]5CC[C@@]4(C)[C@]3(C)CC[C@@]2(C(=O)CC(C)(C)c2ccccc2)CC1=O. The predicted molar refractivity (Wildman–Crippen MR) is 175 cm³/mol. The first kappa shape index (κ1) is 31.3. The van der Waals surface area contributed by atoms with Gasteiger partial charge in [-0.25, -0.2) is 0 Å². The van der Waals surface area contributed by atoms with Crippen molar-refractivity contribution in [2.45, 2.75) is 138 Å². The highest BCUT2D eigenvalue weighted by Crippen LogP contribution is 2.76. The lowest BCUT2D eigenvalue weighted by Gasteiger charge is -2.72. The van der Waals surface area contributed by atoms with Gasteiger partial charge in [-0.15, -0.1) is 0 Å². The summed E-state index contributed by atoms with van der Waals surface area (Å²) in [5.74, 6) is 2.11. The van der Waals surface area contributed by atoms with Gasteiger partial charge < -0.3 is 5.11 Å². The minimum Gasteiger partial charge on any atom is -0.393 e. The van der Waals surface area contributed by atoms with Crippen molar-refractivity contribution in [1.82, 2.24) is 0 Å². The number of rotatable bonds is 5. The molecule has 1 aromatic rings. The molecule has 0 unspecified atom stereocenters. The summed E-state index contributed by atoms with van der Waals surface area (Å²) >= 11 is 0. The molecule has 0 heterocycles. The van der Waals surface area contributed by atoms with Crippen molar-refractivity contribution >= 4 is 11.6 Å². The molecule has 5 aliphatic carbocycles. The smallest absolute Gasteiger partial charge is 0.160 e. The van der Waals surface area contributed by atoms with Gasteiger partial charge in [0.2, 0.25) is 0 Å². The minimum absolute atomic E-state index is 0.0585. The van der Waals surface area contributed by atoms with Crippen molar-refractivity contribution < 1.29 is 14.7 Å². The fraction of sp³-hybridized carbons (Fsp3) is 0.750. The maximum absolute atomic E-state index is 14.8. The lowest BCUT2D eigenvalue weighted by molar-refractivity contribution is -0.228. The Kier molecular flexibility index (Phi) is 7.18. The van der Waals surface area contributed by atoms with Gasteiger partial charge in [-0.05, 0) is 119 Å². The first-order valence-electron chi connectivity index (χ1n) is 17.5. The van der Waals surface area contributed by atoms with Crippen LogP contribution in [-0.2, 0) is 15.0 Å². The zero-order chi connectivity index (χ0) is 31.4. The van der Waals surface area contributed by atoms with Crippen LogP contribution in [0, 0.1) is 50.7 Å². The van der Waals surface area contributed by atoms with E-state index in [1.54, 1.807) is 0 Å². The van der Waals surface area contributed by atoms with Crippen molar-refractivity contribution in [3.05, 3.63) is 47.0 Å². The highest BCUT2D eigenvalue weighted by Gasteiger charge is 2.70. The average Bonchev–Trinajstić information content (AvgIpc) is 3.25. The van der Waals surface area contributed by atoms with E-state index in [0.29, 0.717) is 30.5 Å². The minimum atomic E-state index is -0.631. The average molecular weight is 587 g/mol. The number of ketones is 2. The molecule has 4 saturated carbocycles. The number of carbonyl (C=O) groups excluding carboxylic acids is 2. The van der Waals surface area contributed by atoms with Crippen molar-refractivity contribution in [3.63, 3.8) is 0 Å². The summed E-state index contributed by atoms with van der Waals surface area (Å²) in [4.78, 5) is 28.8. The van der Waals surface area contributed by atoms with Crippen LogP contribution in [0.3, 0.4) is 0 Å². The number of Topliss-reactive ketones (excluding diaryl/α,β-unsaturated/α-hetero) is 2. The molecule has 4 fully saturated rings. The third kappa shape index (κ3) is 4.14. The first-order valence-corrected chi connectivity index (χ1v) is 17.5. The van der Waals surface area contributed by atoms with Crippen molar-refractivity contribution in [3.8, 4) is 0 Å². The molecule has 6 rings (SSSR count). The molecule has 3 heteroatoms. The number of allylic oxidation sites excluding steroid dienone is 2. The summed E-state index contributed by atoms with van der Waals surface area (Å²) in [5.41, 5.74) is 2.93. The Morgan fingerprint density at radius 3 is 2.21 bits per heavy atom. The molecular formula is C40H58O3. The molecule has 0 aromatic heterocycles. The molecule has 236 valence electrons. The molecular weight excluding hydrogens is 528 g/mol. The Hall–Kier alpha value is -1.74. The molecule has 5 aliphatic rings. The number of hydrogen-bond donors (Lipinski definition) is 1. The summed E-state index contributed by atoms with van der Waals surface area (Å²) < 4.78 is 0. The second kappa shape index (κ2) is 9.88. The number of aliphatic hydroxyl groups excluding tert-OH is 1. The Balaban J connectivity index is 1.41. The van der Waals surface area contributed by atoms with Gasteiger partial charge in [-0.2, -0.15) is 0 Å². The van der Waals surface area contributed by atoms with Gasteiger partial charge in [-0.1, -0.05) is 92.6 Å². The van der Waals surface area contributed by atoms with E-state index in [1.165, 1.54) is 30.4 Å². The van der Waals surface area contributed by atoms with E-state index in [4.69, 9.17) is 0 Å². The second-order valence-corrected chi connectivity index (χ2v) is 18.0. The monoisotopic (exact) mass is 586 g/mol. The fourth-order valence-electron chi connectivity index (χ4n) is 12.5. The third-order valence-electron chi connectivity index (χ3n) is 15.1. The number of hydrogen-bond acceptors (Lipinski definition) is 3. The fourth-order valence-corrected chi connectivity index (χ4v) is 12.5. The largest absolute Gasteiger partial charge is 0.393 e. The van der Waals surface area contributed by atoms with E-state index >= 15 is 0 Å². The van der Waals surface area contributed by atoms with E-state index in [-0.39, 0.29) is 50.8 Å². The number of benzene rings is 1. The van der Waals surface area contributed by atoms with E-state index in [9.17, 15) is 14.7 Å². The molecule has 3 nitrogen and oxygen atoms in total. The summed E-state index contributed by atoms with van der Waals surface area (Å²) in [5, 5.41) is 11.1. The van der Waals surface area contributed by atoms with Gasteiger partial charge in [0.15, 0.2) is 5.78 Å². The van der Waals surface area contributed by atoms with Crippen LogP contribution < -0.4 is 0 Å². The maximum atomic E-state index is 14.8. The Labute approximate surface area is 261 Å². The van der Waals surface area contributed by atoms with Crippen LogP contribution in [0.25, 0.3) is 0 Å². The lowest BCUT2D eigenvalue weighted by Crippen LogP contribution is -2.65. The van der Waals surface area contributed by atoms with Crippen LogP contribution in [0.4, 0.5) is 0 Å². The molecule has 1 aromatic carbocycles. The van der Waals surface area contributed by atoms with Crippen molar-refractivity contribution in [1.29, 1.82) is 0 Å². The van der Waals surface area contributed by atoms with Crippen molar-refractivity contribution in [2.75, 3.05) is 0 Å². The number of carbonyl (C=O) groups is 2. The summed E-state index contributed by atoms with van der Waals surface area (Å²) in [6.07, 6.45) is 9.09. The van der Waals surface area contributed by atoms with Crippen LogP contribution in [0.2, 0.25) is 0 Å². The van der Waals surface area contributed by atoms with E-state index in [1.807, 2.05) is 6.07 Å². The van der Waals surface area contributed by atoms with E-state index in [0.717, 1.165) is 37.7 Å². The quantitative estimate of drug-likeness (QED) is 0.374. The van der Waals surface area contributed by atoms with Gasteiger partial charge in [0.05, 0.1) is 11.5 Å². The molecule has 0 amide bonds. The molecule has 0 saturated heterocycles. The molecule has 43 heavy (non-hydrogen) atoms. The maximum Gasteiger partial charge on any atom is 0.160 e. The third-order valence-corrected chi connectivity index (χ3v) is 15.1. The number of fused-ring (bicyclic) bond motifs is 7. The molecule has 0 radical (unpaired) electrons. The summed E-state index contributed by atoms with van der Waals surface area (Å²) in [6.45, 7) is 21.1. The Morgan fingerprint density at radius 2 is 1.56 bits per heavy atom. The summed E-state index contributed by atoms with van der Waals surface area (Å²) in [6, 6.07) is 10.5. The number of aliphatic hydroxyl groups is 1. The predicted octanol–water partition coefficient (Wildman–Crippen LogP) is 9.27. The zero-order valence-electron chi connectivity index (χ0n) is 28.6. The van der Waals surface area contributed by atoms with E-state index < -0.39 is 5.41 Å².